The van der Waals surface area contributed by atoms with Gasteiger partial charge in [-0.25, -0.2) is 8.42 Å². The lowest BCUT2D eigenvalue weighted by molar-refractivity contribution is 0.415. The Bertz CT molecular complexity index is 616. The fourth-order valence-corrected chi connectivity index (χ4v) is 4.75. The van der Waals surface area contributed by atoms with E-state index in [9.17, 15) is 8.42 Å². The van der Waals surface area contributed by atoms with E-state index in [-0.39, 0.29) is 9.64 Å². The van der Waals surface area contributed by atoms with Gasteiger partial charge in [-0.2, -0.15) is 21.3 Å². The minimum absolute atomic E-state index is 0.120. The van der Waals surface area contributed by atoms with Gasteiger partial charge in [0, 0.05) is 23.6 Å². The Labute approximate surface area is 124 Å². The van der Waals surface area contributed by atoms with Gasteiger partial charge in [0.25, 0.3) is 0 Å². The molecule has 0 bridgehead atoms. The van der Waals surface area contributed by atoms with Crippen LogP contribution >= 0.6 is 11.8 Å². The quantitative estimate of drug-likeness (QED) is 0.842. The predicted molar refractivity (Wildman–Crippen MR) is 81.1 cm³/mol. The molecule has 1 aliphatic heterocycles. The number of benzene rings is 1. The highest BCUT2D eigenvalue weighted by Crippen LogP contribution is 2.32. The van der Waals surface area contributed by atoms with E-state index in [4.69, 9.17) is 5.26 Å². The zero-order valence-corrected chi connectivity index (χ0v) is 13.3. The van der Waals surface area contributed by atoms with Crippen LogP contribution in [0.25, 0.3) is 0 Å². The third kappa shape index (κ3) is 3.35. The topological polar surface area (TPSA) is 61.2 Å². The van der Waals surface area contributed by atoms with Crippen molar-refractivity contribution >= 4 is 21.8 Å². The average Bonchev–Trinajstić information content (AvgIpc) is 2.60. The first-order valence-corrected chi connectivity index (χ1v) is 8.92. The maximum absolute atomic E-state index is 12.6. The Morgan fingerprint density at radius 1 is 1.25 bits per heavy atom. The third-order valence-electron chi connectivity index (χ3n) is 3.42. The summed E-state index contributed by atoms with van der Waals surface area (Å²) in [6.45, 7) is 5.38. The lowest BCUT2D eigenvalue weighted by Crippen LogP contribution is -2.33. The van der Waals surface area contributed by atoms with Crippen LogP contribution in [0.3, 0.4) is 0 Å². The molecule has 108 valence electrons. The average molecular weight is 310 g/mol. The molecule has 0 saturated carbocycles. The highest BCUT2D eigenvalue weighted by Gasteiger charge is 2.30. The summed E-state index contributed by atoms with van der Waals surface area (Å²) >= 11 is 1.81. The predicted octanol–water partition coefficient (Wildman–Crippen LogP) is 2.46. The molecule has 0 unspecified atom stereocenters. The molecule has 20 heavy (non-hydrogen) atoms. The van der Waals surface area contributed by atoms with E-state index in [2.05, 4.69) is 13.8 Å². The molecule has 0 spiro atoms. The molecule has 1 heterocycles. The Morgan fingerprint density at radius 2 is 1.90 bits per heavy atom. The van der Waals surface area contributed by atoms with E-state index in [1.54, 1.807) is 16.4 Å². The number of sulfonamides is 1. The van der Waals surface area contributed by atoms with E-state index < -0.39 is 10.0 Å². The molecule has 6 heteroatoms. The van der Waals surface area contributed by atoms with Crippen molar-refractivity contribution in [3.8, 4) is 6.07 Å². The van der Waals surface area contributed by atoms with Crippen molar-refractivity contribution in [2.45, 2.75) is 29.9 Å². The fourth-order valence-electron chi connectivity index (χ4n) is 2.09. The molecular formula is C14H18N2O2S2. The van der Waals surface area contributed by atoms with Gasteiger partial charge in [-0.3, -0.25) is 0 Å². The third-order valence-corrected chi connectivity index (χ3v) is 6.70. The first-order chi connectivity index (χ1) is 9.35. The minimum atomic E-state index is -3.45. The Balaban J connectivity index is 2.23. The fraction of sp³-hybridized carbons (Fsp3) is 0.500. The smallest absolute Gasteiger partial charge is 0.207 e. The van der Waals surface area contributed by atoms with Gasteiger partial charge >= 0.3 is 0 Å². The van der Waals surface area contributed by atoms with Gasteiger partial charge in [0.05, 0.1) is 16.5 Å². The summed E-state index contributed by atoms with van der Waals surface area (Å²) in [5.74, 6) is 0.808. The number of thioether (sulfide) groups is 1. The summed E-state index contributed by atoms with van der Waals surface area (Å²) < 4.78 is 26.8. The molecule has 0 aliphatic carbocycles. The van der Waals surface area contributed by atoms with Gasteiger partial charge in [0.2, 0.25) is 10.0 Å². The number of nitriles is 1. The lowest BCUT2D eigenvalue weighted by atomic mass is 10.1. The molecule has 2 rings (SSSR count). The minimum Gasteiger partial charge on any atom is -0.207 e. The first kappa shape index (κ1) is 15.4. The van der Waals surface area contributed by atoms with Crippen molar-refractivity contribution < 1.29 is 8.42 Å². The van der Waals surface area contributed by atoms with Crippen molar-refractivity contribution in [1.29, 1.82) is 5.26 Å². The van der Waals surface area contributed by atoms with Crippen LogP contribution in [-0.2, 0) is 10.0 Å². The van der Waals surface area contributed by atoms with Gasteiger partial charge in [0.15, 0.2) is 0 Å². The van der Waals surface area contributed by atoms with Crippen LogP contribution < -0.4 is 0 Å². The van der Waals surface area contributed by atoms with Crippen molar-refractivity contribution in [2.75, 3.05) is 18.8 Å². The Kier molecular flexibility index (Phi) is 4.43. The van der Waals surface area contributed by atoms with Gasteiger partial charge in [-0.05, 0) is 30.7 Å². The van der Waals surface area contributed by atoms with Crippen LogP contribution in [-0.4, -0.2) is 36.3 Å². The van der Waals surface area contributed by atoms with E-state index in [0.29, 0.717) is 18.7 Å². The van der Waals surface area contributed by atoms with Gasteiger partial charge in [-0.1, -0.05) is 13.8 Å². The van der Waals surface area contributed by atoms with Crippen LogP contribution in [0.2, 0.25) is 0 Å². The van der Waals surface area contributed by atoms with Crippen LogP contribution in [0.4, 0.5) is 0 Å². The van der Waals surface area contributed by atoms with Crippen molar-refractivity contribution in [2.24, 2.45) is 0 Å². The second kappa shape index (κ2) is 5.76. The molecule has 1 aliphatic rings. The molecular weight excluding hydrogens is 292 g/mol. The van der Waals surface area contributed by atoms with Gasteiger partial charge in [-0.15, -0.1) is 0 Å². The van der Waals surface area contributed by atoms with Gasteiger partial charge < -0.3 is 0 Å². The van der Waals surface area contributed by atoms with E-state index >= 15 is 0 Å². The SMILES string of the molecule is CC1(C)CCN(S(=O)(=O)c2ccc(C#N)cc2)CCS1. The van der Waals surface area contributed by atoms with E-state index in [1.807, 2.05) is 17.8 Å². The Hall–Kier alpha value is -1.03. The molecule has 1 fully saturated rings. The zero-order chi connectivity index (χ0) is 14.8. The van der Waals surface area contributed by atoms with Crippen LogP contribution in [0.5, 0.6) is 0 Å². The molecule has 0 radical (unpaired) electrons. The molecule has 4 nitrogen and oxygen atoms in total. The lowest BCUT2D eigenvalue weighted by Gasteiger charge is -2.22. The first-order valence-electron chi connectivity index (χ1n) is 6.49. The monoisotopic (exact) mass is 310 g/mol. The summed E-state index contributed by atoms with van der Waals surface area (Å²) in [6.07, 6.45) is 0.840. The van der Waals surface area contributed by atoms with Crippen LogP contribution in [0, 0.1) is 11.3 Å². The molecule has 1 aromatic rings. The second-order valence-electron chi connectivity index (χ2n) is 5.40. The van der Waals surface area contributed by atoms with Crippen molar-refractivity contribution in [3.63, 3.8) is 0 Å². The van der Waals surface area contributed by atoms with Crippen LogP contribution in [0.15, 0.2) is 29.2 Å². The molecule has 0 atom stereocenters. The van der Waals surface area contributed by atoms with E-state index in [1.165, 1.54) is 12.1 Å². The van der Waals surface area contributed by atoms with Crippen molar-refractivity contribution in [3.05, 3.63) is 29.8 Å². The molecule has 0 aromatic heterocycles. The number of nitrogens with zero attached hydrogens (tertiary/aromatic N) is 2. The maximum atomic E-state index is 12.6. The molecule has 1 saturated heterocycles. The number of hydrogen-bond acceptors (Lipinski definition) is 4. The standard InChI is InChI=1S/C14H18N2O2S2/c1-14(2)7-8-16(9-10-19-14)20(17,18)13-5-3-12(11-15)4-6-13/h3-6H,7-10H2,1-2H3. The highest BCUT2D eigenvalue weighted by molar-refractivity contribution is 8.00. The maximum Gasteiger partial charge on any atom is 0.243 e. The summed E-state index contributed by atoms with van der Waals surface area (Å²) in [5, 5.41) is 8.76. The summed E-state index contributed by atoms with van der Waals surface area (Å²) in [5.41, 5.74) is 0.469. The van der Waals surface area contributed by atoms with E-state index in [0.717, 1.165) is 12.2 Å². The largest absolute Gasteiger partial charge is 0.243 e. The number of hydrogen-bond donors (Lipinski definition) is 0. The summed E-state index contributed by atoms with van der Waals surface area (Å²) in [7, 11) is -3.45. The second-order valence-corrected chi connectivity index (χ2v) is 9.14. The summed E-state index contributed by atoms with van der Waals surface area (Å²) in [4.78, 5) is 0.265. The molecule has 1 aromatic carbocycles. The van der Waals surface area contributed by atoms with Gasteiger partial charge in [0.1, 0.15) is 0 Å². The normalized spacial score (nSPS) is 20.1. The molecule has 0 amide bonds. The Morgan fingerprint density at radius 3 is 2.50 bits per heavy atom. The van der Waals surface area contributed by atoms with Crippen molar-refractivity contribution in [1.82, 2.24) is 4.31 Å². The number of rotatable bonds is 2. The zero-order valence-electron chi connectivity index (χ0n) is 11.7. The van der Waals surface area contributed by atoms with Crippen LogP contribution in [0.1, 0.15) is 25.8 Å². The highest BCUT2D eigenvalue weighted by atomic mass is 32.2. The molecule has 0 N–H and O–H groups in total. The summed E-state index contributed by atoms with van der Waals surface area (Å²) in [6, 6.07) is 8.11.